The molecule has 1 atom stereocenters. The zero-order valence-corrected chi connectivity index (χ0v) is 15.4. The van der Waals surface area contributed by atoms with E-state index in [2.05, 4.69) is 31.9 Å². The van der Waals surface area contributed by atoms with Crippen LogP contribution in [0.3, 0.4) is 0 Å². The number of hydrogen-bond donors (Lipinski definition) is 0. The summed E-state index contributed by atoms with van der Waals surface area (Å²) in [5.74, 6) is -0.0284. The highest BCUT2D eigenvalue weighted by Gasteiger charge is 2.53. The van der Waals surface area contributed by atoms with E-state index >= 15 is 0 Å². The lowest BCUT2D eigenvalue weighted by atomic mass is 9.65. The molecule has 0 spiro atoms. The smallest absolute Gasteiger partial charge is 0.173 e. The van der Waals surface area contributed by atoms with Crippen LogP contribution in [0.2, 0.25) is 0 Å². The van der Waals surface area contributed by atoms with E-state index in [1.165, 1.54) is 0 Å². The molecule has 3 rings (SSSR count). The molecule has 1 aromatic rings. The van der Waals surface area contributed by atoms with Gasteiger partial charge in [0.2, 0.25) is 0 Å². The Morgan fingerprint density at radius 2 is 2.08 bits per heavy atom. The van der Waals surface area contributed by atoms with E-state index in [1.54, 1.807) is 4.68 Å². The molecule has 0 N–H and O–H groups in total. The highest BCUT2D eigenvalue weighted by Crippen LogP contribution is 2.50. The Morgan fingerprint density at radius 1 is 1.38 bits per heavy atom. The van der Waals surface area contributed by atoms with Crippen LogP contribution in [0.5, 0.6) is 0 Å². The van der Waals surface area contributed by atoms with Gasteiger partial charge in [0.25, 0.3) is 0 Å². The standard InChI is InChI=1S/C19H29N3O2/c1-5-6-9-19(23-10-11-24-19)18(2,3)14-7-8-15-16(12-14)21-22(4)17(15)13-20/h14H,5-12H2,1-4H3/t14-/m1/s1. The molecule has 1 aromatic heterocycles. The third-order valence-electron chi connectivity index (χ3n) is 6.13. The molecule has 1 aliphatic heterocycles. The van der Waals surface area contributed by atoms with Gasteiger partial charge in [-0.15, -0.1) is 0 Å². The summed E-state index contributed by atoms with van der Waals surface area (Å²) in [6, 6.07) is 2.30. The maximum absolute atomic E-state index is 9.35. The van der Waals surface area contributed by atoms with Gasteiger partial charge in [-0.1, -0.05) is 27.2 Å². The Kier molecular flexibility index (Phi) is 4.72. The van der Waals surface area contributed by atoms with Crippen molar-refractivity contribution in [1.82, 2.24) is 9.78 Å². The summed E-state index contributed by atoms with van der Waals surface area (Å²) in [4.78, 5) is 0. The van der Waals surface area contributed by atoms with Crippen LogP contribution in [0.4, 0.5) is 0 Å². The largest absolute Gasteiger partial charge is 0.347 e. The molecule has 1 fully saturated rings. The predicted molar refractivity (Wildman–Crippen MR) is 91.4 cm³/mol. The van der Waals surface area contributed by atoms with Crippen LogP contribution >= 0.6 is 0 Å². The number of unbranched alkanes of at least 4 members (excludes halogenated alkanes) is 1. The van der Waals surface area contributed by atoms with E-state index in [4.69, 9.17) is 9.47 Å². The zero-order valence-electron chi connectivity index (χ0n) is 15.4. The van der Waals surface area contributed by atoms with Gasteiger partial charge in [-0.25, -0.2) is 0 Å². The van der Waals surface area contributed by atoms with Crippen LogP contribution in [-0.2, 0) is 29.4 Å². The summed E-state index contributed by atoms with van der Waals surface area (Å²) in [5, 5.41) is 14.0. The Morgan fingerprint density at radius 3 is 2.71 bits per heavy atom. The van der Waals surface area contributed by atoms with E-state index in [0.29, 0.717) is 19.1 Å². The third kappa shape index (κ3) is 2.66. The molecule has 0 radical (unpaired) electrons. The third-order valence-corrected chi connectivity index (χ3v) is 6.13. The summed E-state index contributed by atoms with van der Waals surface area (Å²) in [7, 11) is 1.86. The molecule has 0 bridgehead atoms. The van der Waals surface area contributed by atoms with E-state index in [9.17, 15) is 5.26 Å². The normalized spacial score (nSPS) is 23.0. The fourth-order valence-electron chi connectivity index (χ4n) is 4.47. The fraction of sp³-hybridized carbons (Fsp3) is 0.789. The molecule has 1 saturated heterocycles. The summed E-state index contributed by atoms with van der Waals surface area (Å²) >= 11 is 0. The number of fused-ring (bicyclic) bond motifs is 1. The second-order valence-corrected chi connectivity index (χ2v) is 7.72. The van der Waals surface area contributed by atoms with Crippen molar-refractivity contribution in [2.75, 3.05) is 13.2 Å². The number of hydrogen-bond acceptors (Lipinski definition) is 4. The van der Waals surface area contributed by atoms with Gasteiger partial charge >= 0.3 is 0 Å². The van der Waals surface area contributed by atoms with Gasteiger partial charge in [-0.3, -0.25) is 4.68 Å². The number of nitriles is 1. The average molecular weight is 331 g/mol. The zero-order chi connectivity index (χ0) is 17.4. The van der Waals surface area contributed by atoms with Gasteiger partial charge in [0.1, 0.15) is 11.8 Å². The van der Waals surface area contributed by atoms with Crippen molar-refractivity contribution >= 4 is 0 Å². The molecular weight excluding hydrogens is 302 g/mol. The Hall–Kier alpha value is -1.38. The topological polar surface area (TPSA) is 60.1 Å². The first-order valence-corrected chi connectivity index (χ1v) is 9.18. The number of rotatable bonds is 5. The minimum absolute atomic E-state index is 0.0827. The second kappa shape index (κ2) is 6.50. The van der Waals surface area contributed by atoms with Gasteiger partial charge in [-0.05, 0) is 31.6 Å². The first kappa shape index (κ1) is 17.4. The molecule has 24 heavy (non-hydrogen) atoms. The molecule has 0 amide bonds. The Labute approximate surface area is 144 Å². The van der Waals surface area contributed by atoms with Crippen LogP contribution in [-0.4, -0.2) is 28.8 Å². The van der Waals surface area contributed by atoms with E-state index in [1.807, 2.05) is 7.05 Å². The number of ether oxygens (including phenoxy) is 2. The molecular formula is C19H29N3O2. The molecule has 132 valence electrons. The number of nitrogens with zero attached hydrogens (tertiary/aromatic N) is 3. The van der Waals surface area contributed by atoms with Crippen LogP contribution in [0.1, 0.15) is 63.4 Å². The quantitative estimate of drug-likeness (QED) is 0.830. The summed E-state index contributed by atoms with van der Waals surface area (Å²) in [6.45, 7) is 8.16. The first-order valence-electron chi connectivity index (χ1n) is 9.18. The van der Waals surface area contributed by atoms with Crippen molar-refractivity contribution in [1.29, 1.82) is 5.26 Å². The molecule has 0 unspecified atom stereocenters. The lowest BCUT2D eigenvalue weighted by molar-refractivity contribution is -0.249. The Balaban J connectivity index is 1.86. The van der Waals surface area contributed by atoms with Crippen LogP contribution in [0.25, 0.3) is 0 Å². The summed E-state index contributed by atoms with van der Waals surface area (Å²) in [5.41, 5.74) is 2.86. The molecule has 1 aliphatic carbocycles. The van der Waals surface area contributed by atoms with E-state index in [0.717, 1.165) is 55.5 Å². The monoisotopic (exact) mass is 331 g/mol. The number of aryl methyl sites for hydroxylation is 1. The van der Waals surface area contributed by atoms with Crippen molar-refractivity contribution in [3.05, 3.63) is 17.0 Å². The van der Waals surface area contributed by atoms with Crippen molar-refractivity contribution in [3.8, 4) is 6.07 Å². The van der Waals surface area contributed by atoms with Gasteiger partial charge in [-0.2, -0.15) is 10.4 Å². The van der Waals surface area contributed by atoms with E-state index < -0.39 is 5.79 Å². The maximum atomic E-state index is 9.35. The number of aromatic nitrogens is 2. The van der Waals surface area contributed by atoms with Crippen molar-refractivity contribution in [2.45, 2.75) is 65.1 Å². The Bertz CT molecular complexity index is 636. The van der Waals surface area contributed by atoms with Gasteiger partial charge in [0.05, 0.1) is 18.9 Å². The van der Waals surface area contributed by atoms with Gasteiger partial charge in [0.15, 0.2) is 5.79 Å². The van der Waals surface area contributed by atoms with Crippen LogP contribution in [0, 0.1) is 22.7 Å². The lowest BCUT2D eigenvalue weighted by Crippen LogP contribution is -2.51. The maximum Gasteiger partial charge on any atom is 0.173 e. The molecule has 2 heterocycles. The second-order valence-electron chi connectivity index (χ2n) is 7.72. The van der Waals surface area contributed by atoms with Crippen LogP contribution in [0.15, 0.2) is 0 Å². The molecule has 0 saturated carbocycles. The average Bonchev–Trinajstić information content (AvgIpc) is 3.16. The fourth-order valence-corrected chi connectivity index (χ4v) is 4.47. The minimum atomic E-state index is -0.474. The SMILES string of the molecule is CCCCC1(C(C)(C)[C@@H]2CCc3c(nn(C)c3C#N)C2)OCCO1. The highest BCUT2D eigenvalue weighted by atomic mass is 16.7. The molecule has 5 nitrogen and oxygen atoms in total. The van der Waals surface area contributed by atoms with Gasteiger partial charge < -0.3 is 9.47 Å². The summed E-state index contributed by atoms with van der Waals surface area (Å²) in [6.07, 6.45) is 6.09. The van der Waals surface area contributed by atoms with Crippen LogP contribution < -0.4 is 0 Å². The van der Waals surface area contributed by atoms with E-state index in [-0.39, 0.29) is 5.41 Å². The van der Waals surface area contributed by atoms with Crippen molar-refractivity contribution < 1.29 is 9.47 Å². The highest BCUT2D eigenvalue weighted by molar-refractivity contribution is 5.37. The molecule has 0 aromatic carbocycles. The molecule has 2 aliphatic rings. The predicted octanol–water partition coefficient (Wildman–Crippen LogP) is 3.36. The lowest BCUT2D eigenvalue weighted by Gasteiger charge is -2.48. The van der Waals surface area contributed by atoms with Gasteiger partial charge in [0, 0.05) is 24.4 Å². The molecule has 5 heteroatoms. The van der Waals surface area contributed by atoms with Crippen molar-refractivity contribution in [2.24, 2.45) is 18.4 Å². The summed E-state index contributed by atoms with van der Waals surface area (Å²) < 4.78 is 14.1. The van der Waals surface area contributed by atoms with Crippen molar-refractivity contribution in [3.63, 3.8) is 0 Å². The first-order chi connectivity index (χ1) is 11.4. The minimum Gasteiger partial charge on any atom is -0.347 e.